The second kappa shape index (κ2) is 7.38. The van der Waals surface area contributed by atoms with Gasteiger partial charge in [0, 0.05) is 23.9 Å². The molecule has 1 saturated carbocycles. The molecule has 0 aliphatic heterocycles. The van der Waals surface area contributed by atoms with Gasteiger partial charge in [0.2, 0.25) is 0 Å². The monoisotopic (exact) mass is 375 g/mol. The van der Waals surface area contributed by atoms with Gasteiger partial charge in [-0.2, -0.15) is 0 Å². The van der Waals surface area contributed by atoms with Crippen molar-refractivity contribution in [1.29, 1.82) is 0 Å². The zero-order chi connectivity index (χ0) is 18.7. The van der Waals surface area contributed by atoms with Crippen molar-refractivity contribution in [1.82, 2.24) is 15.3 Å². The SMILES string of the molecule is CCCNC(=O)Nc1ccc(-c2nc(N)cc(C3(S(=O)O)CC3)n2)cc1. The molecule has 2 aromatic rings. The van der Waals surface area contributed by atoms with Crippen molar-refractivity contribution < 1.29 is 13.6 Å². The van der Waals surface area contributed by atoms with E-state index in [1.165, 1.54) is 0 Å². The number of nitrogens with zero attached hydrogens (tertiary/aromatic N) is 2. The summed E-state index contributed by atoms with van der Waals surface area (Å²) in [7, 11) is 0. The fourth-order valence-electron chi connectivity index (χ4n) is 2.58. The molecule has 1 fully saturated rings. The first-order valence-corrected chi connectivity index (χ1v) is 9.46. The molecule has 0 bridgehead atoms. The third kappa shape index (κ3) is 3.83. The van der Waals surface area contributed by atoms with Crippen molar-refractivity contribution >= 4 is 28.6 Å². The Labute approximate surface area is 153 Å². The molecule has 0 radical (unpaired) electrons. The highest BCUT2D eigenvalue weighted by molar-refractivity contribution is 7.80. The van der Waals surface area contributed by atoms with Gasteiger partial charge in [-0.15, -0.1) is 0 Å². The second-order valence-corrected chi connectivity index (χ2v) is 7.48. The van der Waals surface area contributed by atoms with Gasteiger partial charge in [0.05, 0.1) is 5.69 Å². The average molecular weight is 375 g/mol. The minimum atomic E-state index is -2.00. The Kier molecular flexibility index (Phi) is 5.19. The maximum atomic E-state index is 11.7. The van der Waals surface area contributed by atoms with E-state index in [2.05, 4.69) is 20.6 Å². The van der Waals surface area contributed by atoms with Crippen molar-refractivity contribution in [3.8, 4) is 11.4 Å². The minimum Gasteiger partial charge on any atom is -0.384 e. The number of carbonyl (C=O) groups is 1. The summed E-state index contributed by atoms with van der Waals surface area (Å²) in [6, 6.07) is 8.31. The number of nitrogen functional groups attached to an aromatic ring is 1. The Hall–Kier alpha value is -2.52. The molecule has 1 atom stereocenters. The number of benzene rings is 1. The molecule has 1 aromatic heterocycles. The molecule has 1 aliphatic rings. The van der Waals surface area contributed by atoms with Crippen LogP contribution in [0.25, 0.3) is 11.4 Å². The quantitative estimate of drug-likeness (QED) is 0.574. The van der Waals surface area contributed by atoms with E-state index in [0.29, 0.717) is 42.2 Å². The summed E-state index contributed by atoms with van der Waals surface area (Å²) < 4.78 is 20.4. The maximum Gasteiger partial charge on any atom is 0.319 e. The van der Waals surface area contributed by atoms with E-state index in [1.54, 1.807) is 30.3 Å². The van der Waals surface area contributed by atoms with E-state index in [-0.39, 0.29) is 11.8 Å². The first-order valence-electron chi connectivity index (χ1n) is 8.36. The van der Waals surface area contributed by atoms with Crippen LogP contribution in [0, 0.1) is 0 Å². The summed E-state index contributed by atoms with van der Waals surface area (Å²) in [5.74, 6) is 0.640. The molecule has 0 saturated heterocycles. The van der Waals surface area contributed by atoms with Crippen molar-refractivity contribution in [2.45, 2.75) is 30.9 Å². The number of aromatic nitrogens is 2. The number of anilines is 2. The predicted molar refractivity (Wildman–Crippen MR) is 101 cm³/mol. The van der Waals surface area contributed by atoms with Crippen LogP contribution in [-0.2, 0) is 15.8 Å². The number of nitrogens with one attached hydrogen (secondary N) is 2. The van der Waals surface area contributed by atoms with Crippen LogP contribution in [0.5, 0.6) is 0 Å². The lowest BCUT2D eigenvalue weighted by Gasteiger charge is -2.12. The van der Waals surface area contributed by atoms with Gasteiger partial charge >= 0.3 is 6.03 Å². The molecule has 0 spiro atoms. The Bertz CT molecular complexity index is 837. The van der Waals surface area contributed by atoms with Gasteiger partial charge in [-0.3, -0.25) is 0 Å². The van der Waals surface area contributed by atoms with E-state index in [0.717, 1.165) is 6.42 Å². The molecule has 5 N–H and O–H groups in total. The summed E-state index contributed by atoms with van der Waals surface area (Å²) in [6.45, 7) is 2.59. The van der Waals surface area contributed by atoms with Crippen LogP contribution < -0.4 is 16.4 Å². The van der Waals surface area contributed by atoms with Gasteiger partial charge in [-0.05, 0) is 43.5 Å². The predicted octanol–water partition coefficient (Wildman–Crippen LogP) is 2.47. The Balaban J connectivity index is 1.80. The summed E-state index contributed by atoms with van der Waals surface area (Å²) in [5.41, 5.74) is 7.70. The van der Waals surface area contributed by atoms with E-state index >= 15 is 0 Å². The molecule has 3 rings (SSSR count). The molecule has 26 heavy (non-hydrogen) atoms. The lowest BCUT2D eigenvalue weighted by molar-refractivity contribution is 0.252. The molecule has 8 nitrogen and oxygen atoms in total. The molecule has 2 amide bonds. The molecule has 1 unspecified atom stereocenters. The maximum absolute atomic E-state index is 11.7. The zero-order valence-corrected chi connectivity index (χ0v) is 15.2. The third-order valence-corrected chi connectivity index (χ3v) is 5.47. The summed E-state index contributed by atoms with van der Waals surface area (Å²) >= 11 is -2.00. The lowest BCUT2D eigenvalue weighted by Crippen LogP contribution is -2.29. The highest BCUT2D eigenvalue weighted by atomic mass is 32.2. The first-order chi connectivity index (χ1) is 12.4. The molecule has 138 valence electrons. The van der Waals surface area contributed by atoms with E-state index < -0.39 is 15.8 Å². The van der Waals surface area contributed by atoms with E-state index in [1.807, 2.05) is 6.92 Å². The second-order valence-electron chi connectivity index (χ2n) is 6.20. The van der Waals surface area contributed by atoms with Crippen molar-refractivity contribution in [3.63, 3.8) is 0 Å². The van der Waals surface area contributed by atoms with Crippen LogP contribution in [0.4, 0.5) is 16.3 Å². The highest BCUT2D eigenvalue weighted by Crippen LogP contribution is 2.50. The van der Waals surface area contributed by atoms with E-state index in [9.17, 15) is 13.6 Å². The van der Waals surface area contributed by atoms with Gasteiger partial charge in [-0.25, -0.2) is 19.0 Å². The topological polar surface area (TPSA) is 130 Å². The number of carbonyl (C=O) groups excluding carboxylic acids is 1. The smallest absolute Gasteiger partial charge is 0.319 e. The number of nitrogens with two attached hydrogens (primary N) is 1. The molecule has 1 aliphatic carbocycles. The zero-order valence-electron chi connectivity index (χ0n) is 14.4. The highest BCUT2D eigenvalue weighted by Gasteiger charge is 2.52. The number of urea groups is 1. The van der Waals surface area contributed by atoms with Gasteiger partial charge in [0.1, 0.15) is 10.6 Å². The van der Waals surface area contributed by atoms with Crippen molar-refractivity contribution in [2.75, 3.05) is 17.6 Å². The van der Waals surface area contributed by atoms with Crippen LogP contribution in [0.1, 0.15) is 31.9 Å². The Morgan fingerprint density at radius 2 is 2.00 bits per heavy atom. The van der Waals surface area contributed by atoms with Crippen molar-refractivity contribution in [3.05, 3.63) is 36.0 Å². The number of hydrogen-bond donors (Lipinski definition) is 4. The summed E-state index contributed by atoms with van der Waals surface area (Å²) in [5, 5.41) is 5.47. The van der Waals surface area contributed by atoms with Crippen LogP contribution in [0.2, 0.25) is 0 Å². The molecular weight excluding hydrogens is 354 g/mol. The van der Waals surface area contributed by atoms with Crippen LogP contribution in [0.15, 0.2) is 30.3 Å². The largest absolute Gasteiger partial charge is 0.384 e. The molecular formula is C17H21N5O3S. The first kappa shape index (κ1) is 18.3. The third-order valence-electron chi connectivity index (χ3n) is 4.19. The molecule has 1 aromatic carbocycles. The number of rotatable bonds is 6. The molecule has 9 heteroatoms. The number of hydrogen-bond acceptors (Lipinski definition) is 5. The van der Waals surface area contributed by atoms with Gasteiger partial charge in [-0.1, -0.05) is 6.92 Å². The van der Waals surface area contributed by atoms with Crippen LogP contribution in [-0.4, -0.2) is 31.3 Å². The Morgan fingerprint density at radius 3 is 2.58 bits per heavy atom. The minimum absolute atomic E-state index is 0.253. The summed E-state index contributed by atoms with van der Waals surface area (Å²) in [4.78, 5) is 20.3. The van der Waals surface area contributed by atoms with Gasteiger partial charge in [0.25, 0.3) is 0 Å². The average Bonchev–Trinajstić information content (AvgIpc) is 3.42. The molecule has 1 heterocycles. The fraction of sp³-hybridized carbons (Fsp3) is 0.353. The van der Waals surface area contributed by atoms with E-state index in [4.69, 9.17) is 5.73 Å². The Morgan fingerprint density at radius 1 is 1.31 bits per heavy atom. The van der Waals surface area contributed by atoms with Gasteiger partial charge < -0.3 is 20.9 Å². The van der Waals surface area contributed by atoms with Crippen LogP contribution >= 0.6 is 0 Å². The van der Waals surface area contributed by atoms with Gasteiger partial charge in [0.15, 0.2) is 16.9 Å². The number of amides is 2. The fourth-order valence-corrected chi connectivity index (χ4v) is 3.31. The standard InChI is InChI=1S/C17H21N5O3S/c1-2-9-19-16(23)20-12-5-3-11(4-6-12)15-21-13(10-14(18)22-15)17(7-8-17)26(24)25/h3-6,10H,2,7-9H2,1H3,(H,24,25)(H2,18,21,22)(H2,19,20,23). The van der Waals surface area contributed by atoms with Crippen LogP contribution in [0.3, 0.4) is 0 Å². The summed E-state index contributed by atoms with van der Waals surface area (Å²) in [6.07, 6.45) is 2.06. The van der Waals surface area contributed by atoms with Crippen molar-refractivity contribution in [2.24, 2.45) is 0 Å². The normalized spacial score (nSPS) is 15.9. The lowest BCUT2D eigenvalue weighted by atomic mass is 10.1.